The lowest BCUT2D eigenvalue weighted by molar-refractivity contribution is 0.0729. The number of ether oxygens (including phenoxy) is 1. The van der Waals surface area contributed by atoms with Crippen molar-refractivity contribution in [1.82, 2.24) is 19.5 Å². The SMILES string of the molecule is CC1(C)[C@H]2CC[C@@]1(c1cccc(S(=O)(=O)N3CCOCC3)n1)c1nnc(-c3c(F)cccc3F)cc12. The van der Waals surface area contributed by atoms with Crippen LogP contribution in [-0.4, -0.2) is 54.2 Å². The van der Waals surface area contributed by atoms with Crippen LogP contribution in [0.2, 0.25) is 0 Å². The van der Waals surface area contributed by atoms with E-state index in [0.29, 0.717) is 24.6 Å². The molecule has 2 fully saturated rings. The van der Waals surface area contributed by atoms with E-state index in [2.05, 4.69) is 24.0 Å². The monoisotopic (exact) mass is 512 g/mol. The van der Waals surface area contributed by atoms with E-state index in [1.54, 1.807) is 12.1 Å². The van der Waals surface area contributed by atoms with Crippen molar-refractivity contribution in [2.75, 3.05) is 26.3 Å². The summed E-state index contributed by atoms with van der Waals surface area (Å²) in [6.45, 7) is 5.53. The van der Waals surface area contributed by atoms with Crippen LogP contribution >= 0.6 is 0 Å². The summed E-state index contributed by atoms with van der Waals surface area (Å²) in [5.41, 5.74) is 1.16. The molecule has 36 heavy (non-hydrogen) atoms. The first-order valence-electron chi connectivity index (χ1n) is 12.1. The summed E-state index contributed by atoms with van der Waals surface area (Å²) in [6.07, 6.45) is 1.56. The van der Waals surface area contributed by atoms with E-state index in [-0.39, 0.29) is 40.7 Å². The van der Waals surface area contributed by atoms with Crippen molar-refractivity contribution < 1.29 is 21.9 Å². The summed E-state index contributed by atoms with van der Waals surface area (Å²) in [4.78, 5) is 4.72. The Bertz CT molecular complexity index is 1450. The van der Waals surface area contributed by atoms with Gasteiger partial charge in [-0.1, -0.05) is 26.0 Å². The van der Waals surface area contributed by atoms with Gasteiger partial charge in [0.25, 0.3) is 10.0 Å². The van der Waals surface area contributed by atoms with Gasteiger partial charge in [-0.15, -0.1) is 5.10 Å². The lowest BCUT2D eigenvalue weighted by Gasteiger charge is -2.37. The fraction of sp³-hybridized carbons (Fsp3) is 0.423. The second-order valence-corrected chi connectivity index (χ2v) is 12.1. The van der Waals surface area contributed by atoms with Crippen molar-refractivity contribution in [3.8, 4) is 11.3 Å². The van der Waals surface area contributed by atoms with Crippen molar-refractivity contribution in [1.29, 1.82) is 0 Å². The Balaban J connectivity index is 1.48. The van der Waals surface area contributed by atoms with Gasteiger partial charge in [-0.25, -0.2) is 22.2 Å². The van der Waals surface area contributed by atoms with Crippen LogP contribution in [0.5, 0.6) is 0 Å². The molecule has 2 aliphatic carbocycles. The lowest BCUT2D eigenvalue weighted by atomic mass is 9.66. The van der Waals surface area contributed by atoms with E-state index < -0.39 is 27.1 Å². The Kier molecular flexibility index (Phi) is 5.30. The summed E-state index contributed by atoms with van der Waals surface area (Å²) in [7, 11) is -3.78. The number of aromatic nitrogens is 3. The zero-order valence-corrected chi connectivity index (χ0v) is 20.9. The van der Waals surface area contributed by atoms with E-state index in [1.807, 2.05) is 6.07 Å². The molecule has 2 bridgehead atoms. The van der Waals surface area contributed by atoms with Gasteiger partial charge in [0.2, 0.25) is 0 Å². The molecule has 6 rings (SSSR count). The maximum Gasteiger partial charge on any atom is 0.260 e. The first-order valence-corrected chi connectivity index (χ1v) is 13.5. The largest absolute Gasteiger partial charge is 0.379 e. The van der Waals surface area contributed by atoms with E-state index in [4.69, 9.17) is 9.72 Å². The number of hydrogen-bond donors (Lipinski definition) is 0. The third-order valence-corrected chi connectivity index (χ3v) is 10.1. The topological polar surface area (TPSA) is 85.3 Å². The third kappa shape index (κ3) is 3.13. The summed E-state index contributed by atoms with van der Waals surface area (Å²) in [5.74, 6) is -1.31. The first-order chi connectivity index (χ1) is 17.2. The summed E-state index contributed by atoms with van der Waals surface area (Å²) in [5, 5.41) is 8.77. The second kappa shape index (κ2) is 8.09. The minimum Gasteiger partial charge on any atom is -0.379 e. The average molecular weight is 513 g/mol. The normalized spacial score (nSPS) is 25.2. The molecule has 0 amide bonds. The molecular formula is C26H26F2N4O3S. The van der Waals surface area contributed by atoms with Gasteiger partial charge in [-0.3, -0.25) is 0 Å². The van der Waals surface area contributed by atoms with Crippen LogP contribution in [0.3, 0.4) is 0 Å². The third-order valence-electron chi connectivity index (χ3n) is 8.34. The fourth-order valence-corrected chi connectivity index (χ4v) is 7.83. The molecule has 1 saturated carbocycles. The summed E-state index contributed by atoms with van der Waals surface area (Å²) in [6, 6.07) is 10.6. The van der Waals surface area contributed by atoms with E-state index in [9.17, 15) is 17.2 Å². The number of halogens is 2. The zero-order valence-electron chi connectivity index (χ0n) is 20.0. The molecular weight excluding hydrogens is 486 g/mol. The Morgan fingerprint density at radius 1 is 1.03 bits per heavy atom. The molecule has 1 aliphatic heterocycles. The van der Waals surface area contributed by atoms with Crippen molar-refractivity contribution in [3.05, 3.63) is 71.1 Å². The molecule has 10 heteroatoms. The van der Waals surface area contributed by atoms with Crippen LogP contribution in [0.4, 0.5) is 8.78 Å². The number of morpholine rings is 1. The van der Waals surface area contributed by atoms with Crippen molar-refractivity contribution in [2.45, 2.75) is 43.0 Å². The number of hydrogen-bond acceptors (Lipinski definition) is 6. The lowest BCUT2D eigenvalue weighted by Crippen LogP contribution is -2.42. The molecule has 0 radical (unpaired) electrons. The van der Waals surface area contributed by atoms with Crippen molar-refractivity contribution in [2.24, 2.45) is 5.41 Å². The van der Waals surface area contributed by atoms with E-state index in [0.717, 1.165) is 18.4 Å². The molecule has 1 aromatic carbocycles. The highest BCUT2D eigenvalue weighted by molar-refractivity contribution is 7.89. The molecule has 188 valence electrons. The molecule has 3 aliphatic rings. The minimum absolute atomic E-state index is 0.00184. The van der Waals surface area contributed by atoms with E-state index >= 15 is 0 Å². The highest BCUT2D eigenvalue weighted by Gasteiger charge is 2.65. The van der Waals surface area contributed by atoms with Gasteiger partial charge in [0, 0.05) is 13.1 Å². The average Bonchev–Trinajstić information content (AvgIpc) is 3.25. The van der Waals surface area contributed by atoms with Crippen molar-refractivity contribution >= 4 is 10.0 Å². The van der Waals surface area contributed by atoms with Crippen LogP contribution in [0, 0.1) is 17.0 Å². The van der Waals surface area contributed by atoms with Gasteiger partial charge >= 0.3 is 0 Å². The highest BCUT2D eigenvalue weighted by atomic mass is 32.2. The Hall–Kier alpha value is -2.82. The molecule has 0 unspecified atom stereocenters. The molecule has 7 nitrogen and oxygen atoms in total. The number of sulfonamides is 1. The highest BCUT2D eigenvalue weighted by Crippen LogP contribution is 2.69. The van der Waals surface area contributed by atoms with Gasteiger partial charge in [0.15, 0.2) is 5.03 Å². The Morgan fingerprint density at radius 3 is 2.44 bits per heavy atom. The predicted molar refractivity (Wildman–Crippen MR) is 128 cm³/mol. The van der Waals surface area contributed by atoms with Crippen LogP contribution in [0.1, 0.15) is 49.6 Å². The maximum absolute atomic E-state index is 14.5. The van der Waals surface area contributed by atoms with Gasteiger partial charge < -0.3 is 4.74 Å². The summed E-state index contributed by atoms with van der Waals surface area (Å²) >= 11 is 0. The molecule has 0 spiro atoms. The van der Waals surface area contributed by atoms with Crippen LogP contribution in [0.15, 0.2) is 47.5 Å². The smallest absolute Gasteiger partial charge is 0.260 e. The number of fused-ring (bicyclic) bond motifs is 5. The Labute approximate surface area is 208 Å². The molecule has 3 heterocycles. The van der Waals surface area contributed by atoms with Crippen molar-refractivity contribution in [3.63, 3.8) is 0 Å². The number of nitrogens with zero attached hydrogens (tertiary/aromatic N) is 4. The van der Waals surface area contributed by atoms with Gasteiger partial charge in [-0.05, 0) is 60.1 Å². The van der Waals surface area contributed by atoms with Crippen LogP contribution in [-0.2, 0) is 20.2 Å². The molecule has 0 N–H and O–H groups in total. The van der Waals surface area contributed by atoms with Gasteiger partial charge in [-0.2, -0.15) is 9.40 Å². The van der Waals surface area contributed by atoms with Crippen LogP contribution in [0.25, 0.3) is 11.3 Å². The van der Waals surface area contributed by atoms with E-state index in [1.165, 1.54) is 28.6 Å². The molecule has 2 atom stereocenters. The summed E-state index contributed by atoms with van der Waals surface area (Å²) < 4.78 is 62.4. The van der Waals surface area contributed by atoms with Crippen LogP contribution < -0.4 is 0 Å². The van der Waals surface area contributed by atoms with Gasteiger partial charge in [0.05, 0.1) is 41.3 Å². The number of benzene rings is 1. The Morgan fingerprint density at radius 2 is 1.72 bits per heavy atom. The van der Waals surface area contributed by atoms with Gasteiger partial charge in [0.1, 0.15) is 11.6 Å². The maximum atomic E-state index is 14.5. The number of rotatable bonds is 4. The standard InChI is InChI=1S/C26H26F2N4O3S/c1-25(2)17-9-10-26(25,21-7-4-8-22(29-21)36(33,34)32-11-13-35-14-12-32)24-16(17)15-20(30-31-24)23-18(27)5-3-6-19(23)28/h3-8,15,17H,9-14H2,1-2H3/t17-,26+/m0/s1. The fourth-order valence-electron chi connectivity index (χ4n) is 6.47. The first kappa shape index (κ1) is 23.6. The number of pyridine rings is 1. The zero-order chi connectivity index (χ0) is 25.3. The molecule has 1 saturated heterocycles. The molecule has 2 aromatic heterocycles. The minimum atomic E-state index is -3.78. The molecule has 3 aromatic rings. The predicted octanol–water partition coefficient (Wildman–Crippen LogP) is 4.04. The second-order valence-electron chi connectivity index (χ2n) is 10.2. The quantitative estimate of drug-likeness (QED) is 0.525.